The Morgan fingerprint density at radius 3 is 0.548 bits per heavy atom. The van der Waals surface area contributed by atoms with Crippen molar-refractivity contribution in [3.05, 3.63) is 0 Å². The number of unbranched alkanes of at least 4 members (excludes halogenated alkanes) is 52. The summed E-state index contributed by atoms with van der Waals surface area (Å²) in [6, 6.07) is 0. The van der Waals surface area contributed by atoms with Gasteiger partial charge in [-0.3, -0.25) is 14.4 Å². The fourth-order valence-corrected chi connectivity index (χ4v) is 10.6. The predicted molar refractivity (Wildman–Crippen MR) is 317 cm³/mol. The summed E-state index contributed by atoms with van der Waals surface area (Å²) in [6.07, 6.45) is 73.2. The molecule has 0 aliphatic rings. The molecule has 0 aromatic carbocycles. The third-order valence-corrected chi connectivity index (χ3v) is 15.6. The fourth-order valence-electron chi connectivity index (χ4n) is 10.6. The van der Waals surface area contributed by atoms with E-state index >= 15 is 0 Å². The van der Waals surface area contributed by atoms with Crippen LogP contribution in [0.25, 0.3) is 0 Å². The van der Waals surface area contributed by atoms with Gasteiger partial charge < -0.3 is 14.2 Å². The van der Waals surface area contributed by atoms with Gasteiger partial charge in [0, 0.05) is 19.3 Å². The SMILES string of the molecule is CCCCCCCCCCCCCCCCCCCCCCCCCCCCCCCCCC(=O)OCC(COC(=O)CCCCCCCC)OC(=O)CCCCCCCCCCCCCCCCCCCC. The van der Waals surface area contributed by atoms with Crippen LogP contribution in [0.4, 0.5) is 0 Å². The number of carbonyl (C=O) groups excluding carboxylic acids is 3. The van der Waals surface area contributed by atoms with E-state index in [-0.39, 0.29) is 31.1 Å². The molecule has 434 valence electrons. The summed E-state index contributed by atoms with van der Waals surface area (Å²) < 4.78 is 16.8. The predicted octanol–water partition coefficient (Wildman–Crippen LogP) is 22.7. The van der Waals surface area contributed by atoms with E-state index in [1.54, 1.807) is 0 Å². The molecule has 0 aliphatic heterocycles. The second-order valence-corrected chi connectivity index (χ2v) is 23.1. The first kappa shape index (κ1) is 71.4. The lowest BCUT2D eigenvalue weighted by molar-refractivity contribution is -0.167. The van der Waals surface area contributed by atoms with Gasteiger partial charge in [0.1, 0.15) is 13.2 Å². The van der Waals surface area contributed by atoms with Crippen LogP contribution in [0, 0.1) is 0 Å². The Morgan fingerprint density at radius 2 is 0.370 bits per heavy atom. The topological polar surface area (TPSA) is 78.9 Å². The van der Waals surface area contributed by atoms with Gasteiger partial charge in [-0.05, 0) is 19.3 Å². The van der Waals surface area contributed by atoms with E-state index in [2.05, 4.69) is 20.8 Å². The Kier molecular flexibility index (Phi) is 61.6. The maximum Gasteiger partial charge on any atom is 0.306 e. The van der Waals surface area contributed by atoms with E-state index in [0.29, 0.717) is 19.3 Å². The Hall–Kier alpha value is -1.59. The summed E-state index contributed by atoms with van der Waals surface area (Å²) in [5, 5.41) is 0. The van der Waals surface area contributed by atoms with Gasteiger partial charge in [-0.15, -0.1) is 0 Å². The number of ether oxygens (including phenoxy) is 3. The van der Waals surface area contributed by atoms with E-state index in [9.17, 15) is 14.4 Å². The van der Waals surface area contributed by atoms with Crippen molar-refractivity contribution in [1.29, 1.82) is 0 Å². The van der Waals surface area contributed by atoms with Gasteiger partial charge in [-0.2, -0.15) is 0 Å². The minimum Gasteiger partial charge on any atom is -0.462 e. The monoisotopic (exact) mass is 1030 g/mol. The zero-order valence-corrected chi connectivity index (χ0v) is 50.0. The van der Waals surface area contributed by atoms with Crippen molar-refractivity contribution in [1.82, 2.24) is 0 Å². The average Bonchev–Trinajstić information content (AvgIpc) is 3.39. The number of esters is 3. The summed E-state index contributed by atoms with van der Waals surface area (Å²) in [7, 11) is 0. The van der Waals surface area contributed by atoms with Gasteiger partial charge >= 0.3 is 17.9 Å². The molecule has 0 fully saturated rings. The second-order valence-electron chi connectivity index (χ2n) is 23.1. The Morgan fingerprint density at radius 1 is 0.219 bits per heavy atom. The fraction of sp³-hybridized carbons (Fsp3) is 0.955. The lowest BCUT2D eigenvalue weighted by Gasteiger charge is -2.18. The van der Waals surface area contributed by atoms with Crippen LogP contribution in [0.1, 0.15) is 393 Å². The summed E-state index contributed by atoms with van der Waals surface area (Å²) in [6.45, 7) is 6.66. The standard InChI is InChI=1S/C67H130O6/c1-4-7-10-13-16-18-20-22-24-26-28-29-30-31-32-33-34-35-36-37-38-39-40-42-43-45-47-49-51-54-57-60-66(69)72-63-64(62-71-65(68)59-56-53-15-12-9-6-3)73-67(70)61-58-55-52-50-48-46-44-41-27-25-23-21-19-17-14-11-8-5-2/h64H,4-63H2,1-3H3. The Labute approximate surface area is 457 Å². The van der Waals surface area contributed by atoms with Crippen LogP contribution in [0.3, 0.4) is 0 Å². The van der Waals surface area contributed by atoms with Crippen LogP contribution in [0.15, 0.2) is 0 Å². The molecule has 6 nitrogen and oxygen atoms in total. The zero-order chi connectivity index (χ0) is 52.9. The molecule has 6 heteroatoms. The highest BCUT2D eigenvalue weighted by Crippen LogP contribution is 2.19. The molecule has 0 N–H and O–H groups in total. The highest BCUT2D eigenvalue weighted by atomic mass is 16.6. The van der Waals surface area contributed by atoms with Gasteiger partial charge in [-0.25, -0.2) is 0 Å². The quantitative estimate of drug-likeness (QED) is 0.0343. The van der Waals surface area contributed by atoms with Crippen molar-refractivity contribution in [3.8, 4) is 0 Å². The second kappa shape index (κ2) is 62.9. The maximum atomic E-state index is 12.8. The van der Waals surface area contributed by atoms with Crippen molar-refractivity contribution >= 4 is 17.9 Å². The van der Waals surface area contributed by atoms with Gasteiger partial charge in [0.15, 0.2) is 6.10 Å². The largest absolute Gasteiger partial charge is 0.462 e. The third kappa shape index (κ3) is 61.1. The Balaban J connectivity index is 3.91. The van der Waals surface area contributed by atoms with Crippen LogP contribution >= 0.6 is 0 Å². The van der Waals surface area contributed by atoms with Crippen molar-refractivity contribution < 1.29 is 28.6 Å². The molecule has 1 atom stereocenters. The smallest absolute Gasteiger partial charge is 0.306 e. The van der Waals surface area contributed by atoms with E-state index in [1.165, 1.54) is 295 Å². The minimum absolute atomic E-state index is 0.0619. The molecule has 0 bridgehead atoms. The number of hydrogen-bond donors (Lipinski definition) is 0. The molecular formula is C67H130O6. The zero-order valence-electron chi connectivity index (χ0n) is 50.0. The van der Waals surface area contributed by atoms with Crippen LogP contribution in [0.5, 0.6) is 0 Å². The summed E-state index contributed by atoms with van der Waals surface area (Å²) in [5.41, 5.74) is 0. The van der Waals surface area contributed by atoms with E-state index in [0.717, 1.165) is 57.8 Å². The third-order valence-electron chi connectivity index (χ3n) is 15.6. The first-order valence-electron chi connectivity index (χ1n) is 33.5. The summed E-state index contributed by atoms with van der Waals surface area (Å²) >= 11 is 0. The first-order chi connectivity index (χ1) is 36.0. The molecule has 73 heavy (non-hydrogen) atoms. The number of carbonyl (C=O) groups is 3. The normalized spacial score (nSPS) is 11.9. The lowest BCUT2D eigenvalue weighted by Crippen LogP contribution is -2.30. The molecule has 0 amide bonds. The van der Waals surface area contributed by atoms with Crippen LogP contribution in [-0.4, -0.2) is 37.2 Å². The molecule has 0 rings (SSSR count). The van der Waals surface area contributed by atoms with Crippen LogP contribution < -0.4 is 0 Å². The number of hydrogen-bond acceptors (Lipinski definition) is 6. The van der Waals surface area contributed by atoms with Crippen molar-refractivity contribution in [2.75, 3.05) is 13.2 Å². The van der Waals surface area contributed by atoms with Crippen molar-refractivity contribution in [2.24, 2.45) is 0 Å². The molecule has 0 radical (unpaired) electrons. The van der Waals surface area contributed by atoms with Gasteiger partial charge in [-0.1, -0.05) is 355 Å². The Bertz CT molecular complexity index is 1090. The highest BCUT2D eigenvalue weighted by Gasteiger charge is 2.19. The molecule has 1 unspecified atom stereocenters. The van der Waals surface area contributed by atoms with E-state index < -0.39 is 6.10 Å². The molecule has 0 saturated carbocycles. The van der Waals surface area contributed by atoms with E-state index in [4.69, 9.17) is 14.2 Å². The molecule has 0 aromatic heterocycles. The van der Waals surface area contributed by atoms with Crippen molar-refractivity contribution in [2.45, 2.75) is 399 Å². The number of rotatable bonds is 63. The van der Waals surface area contributed by atoms with Gasteiger partial charge in [0.05, 0.1) is 0 Å². The molecule has 0 aliphatic carbocycles. The molecule has 0 heterocycles. The first-order valence-corrected chi connectivity index (χ1v) is 33.5. The van der Waals surface area contributed by atoms with E-state index in [1.807, 2.05) is 0 Å². The van der Waals surface area contributed by atoms with Crippen LogP contribution in [-0.2, 0) is 28.6 Å². The summed E-state index contributed by atoms with van der Waals surface area (Å²) in [4.78, 5) is 38.0. The molecular weight excluding hydrogens is 901 g/mol. The molecule has 0 spiro atoms. The van der Waals surface area contributed by atoms with Crippen molar-refractivity contribution in [3.63, 3.8) is 0 Å². The van der Waals surface area contributed by atoms with Gasteiger partial charge in [0.2, 0.25) is 0 Å². The van der Waals surface area contributed by atoms with Crippen LogP contribution in [0.2, 0.25) is 0 Å². The summed E-state index contributed by atoms with van der Waals surface area (Å²) in [5.74, 6) is -0.841. The maximum absolute atomic E-state index is 12.8. The average molecular weight is 1030 g/mol. The van der Waals surface area contributed by atoms with Gasteiger partial charge in [0.25, 0.3) is 0 Å². The lowest BCUT2D eigenvalue weighted by atomic mass is 10.0. The molecule has 0 saturated heterocycles. The highest BCUT2D eigenvalue weighted by molar-refractivity contribution is 5.71. The minimum atomic E-state index is -0.760. The molecule has 0 aromatic rings.